The summed E-state index contributed by atoms with van der Waals surface area (Å²) in [6.45, 7) is 0. The second-order valence-corrected chi connectivity index (χ2v) is 3.07. The highest BCUT2D eigenvalue weighted by Gasteiger charge is 2.33. The Bertz CT molecular complexity index is 234. The molecule has 3 aliphatic rings. The molecular weight excluding hydrogens is 156 g/mol. The number of rotatable bonds is 0. The van der Waals surface area contributed by atoms with E-state index in [2.05, 4.69) is 10.6 Å². The predicted octanol–water partition coefficient (Wildman–Crippen LogP) is -0.680. The van der Waals surface area contributed by atoms with Gasteiger partial charge in [0.25, 0.3) is 0 Å². The Morgan fingerprint density at radius 3 is 1.83 bits per heavy atom. The zero-order valence-electron chi connectivity index (χ0n) is 6.54. The highest BCUT2D eigenvalue weighted by Crippen LogP contribution is 2.09. The van der Waals surface area contributed by atoms with Crippen molar-refractivity contribution in [1.29, 1.82) is 0 Å². The molecule has 3 rings (SSSR count). The first kappa shape index (κ1) is 7.34. The van der Waals surface area contributed by atoms with Gasteiger partial charge in [0.2, 0.25) is 11.8 Å². The van der Waals surface area contributed by atoms with Crippen molar-refractivity contribution in [3.05, 3.63) is 12.2 Å². The standard InChI is InChI=1S/C8H10N2O2/c11-7-5-3-1-2-4-6(10-7)8(12)9-5/h1-2,5-6H,3-4H2,(H,9,12)(H,10,11)/b2-1-/t5-,6-/m1/s1. The van der Waals surface area contributed by atoms with Gasteiger partial charge >= 0.3 is 0 Å². The van der Waals surface area contributed by atoms with E-state index in [4.69, 9.17) is 0 Å². The lowest BCUT2D eigenvalue weighted by Gasteiger charge is -2.30. The van der Waals surface area contributed by atoms with E-state index in [9.17, 15) is 9.59 Å². The van der Waals surface area contributed by atoms with Gasteiger partial charge in [-0.2, -0.15) is 0 Å². The number of piperazine rings is 1. The van der Waals surface area contributed by atoms with Crippen LogP contribution in [0.25, 0.3) is 0 Å². The molecule has 2 bridgehead atoms. The number of hydrogen-bond acceptors (Lipinski definition) is 2. The van der Waals surface area contributed by atoms with Crippen LogP contribution in [0.4, 0.5) is 0 Å². The number of carbonyl (C=O) groups is 2. The van der Waals surface area contributed by atoms with Gasteiger partial charge in [-0.3, -0.25) is 9.59 Å². The minimum atomic E-state index is -0.356. The third kappa shape index (κ3) is 1.09. The number of fused-ring (bicyclic) bond motifs is 4. The van der Waals surface area contributed by atoms with Crippen LogP contribution in [0.15, 0.2) is 12.2 Å². The molecule has 2 N–H and O–H groups in total. The van der Waals surface area contributed by atoms with E-state index in [-0.39, 0.29) is 23.9 Å². The van der Waals surface area contributed by atoms with Crippen LogP contribution in [0.3, 0.4) is 0 Å². The molecule has 0 aliphatic carbocycles. The van der Waals surface area contributed by atoms with Gasteiger partial charge in [-0.1, -0.05) is 12.2 Å². The average molecular weight is 166 g/mol. The van der Waals surface area contributed by atoms with Gasteiger partial charge in [0.05, 0.1) is 0 Å². The molecule has 2 amide bonds. The van der Waals surface area contributed by atoms with Crippen molar-refractivity contribution in [2.24, 2.45) is 0 Å². The molecule has 4 nitrogen and oxygen atoms in total. The average Bonchev–Trinajstić information content (AvgIpc) is 2.00. The van der Waals surface area contributed by atoms with Crippen LogP contribution < -0.4 is 10.6 Å². The van der Waals surface area contributed by atoms with Gasteiger partial charge in [0.15, 0.2) is 0 Å². The number of carbonyl (C=O) groups excluding carboxylic acids is 2. The summed E-state index contributed by atoms with van der Waals surface area (Å²) in [7, 11) is 0. The quantitative estimate of drug-likeness (QED) is 0.468. The molecule has 64 valence electrons. The smallest absolute Gasteiger partial charge is 0.243 e. The molecule has 4 heteroatoms. The van der Waals surface area contributed by atoms with Crippen molar-refractivity contribution in [2.75, 3.05) is 0 Å². The van der Waals surface area contributed by atoms with E-state index in [0.29, 0.717) is 12.8 Å². The topological polar surface area (TPSA) is 58.2 Å². The monoisotopic (exact) mass is 166 g/mol. The van der Waals surface area contributed by atoms with Gasteiger partial charge in [-0.05, 0) is 12.8 Å². The van der Waals surface area contributed by atoms with Crippen LogP contribution in [-0.2, 0) is 9.59 Å². The Kier molecular flexibility index (Phi) is 1.60. The summed E-state index contributed by atoms with van der Waals surface area (Å²) in [6.07, 6.45) is 5.08. The molecule has 0 radical (unpaired) electrons. The van der Waals surface area contributed by atoms with Crippen LogP contribution in [0.2, 0.25) is 0 Å². The maximum atomic E-state index is 11.2. The second-order valence-electron chi connectivity index (χ2n) is 3.07. The summed E-state index contributed by atoms with van der Waals surface area (Å²) in [6, 6.07) is -0.712. The SMILES string of the molecule is O=C1N[C@@H]2C/C=C\C[C@H]1NC2=O. The Balaban J connectivity index is 2.27. The molecule has 0 saturated carbocycles. The first-order chi connectivity index (χ1) is 5.77. The lowest BCUT2D eigenvalue weighted by molar-refractivity contribution is -0.136. The number of amides is 2. The molecule has 1 fully saturated rings. The lowest BCUT2D eigenvalue weighted by atomic mass is 10.0. The minimum absolute atomic E-state index is 0.0658. The van der Waals surface area contributed by atoms with E-state index in [1.165, 1.54) is 0 Å². The van der Waals surface area contributed by atoms with Crippen LogP contribution in [-0.4, -0.2) is 23.9 Å². The summed E-state index contributed by atoms with van der Waals surface area (Å²) >= 11 is 0. The first-order valence-corrected chi connectivity index (χ1v) is 4.03. The Morgan fingerprint density at radius 1 is 1.00 bits per heavy atom. The summed E-state index contributed by atoms with van der Waals surface area (Å²) < 4.78 is 0. The van der Waals surface area contributed by atoms with Gasteiger partial charge in [0.1, 0.15) is 12.1 Å². The molecule has 0 aromatic heterocycles. The van der Waals surface area contributed by atoms with Gasteiger partial charge in [0, 0.05) is 0 Å². The van der Waals surface area contributed by atoms with E-state index < -0.39 is 0 Å². The summed E-state index contributed by atoms with van der Waals surface area (Å²) in [5.41, 5.74) is 0. The third-order valence-electron chi connectivity index (χ3n) is 2.18. The Labute approximate surface area is 70.0 Å². The molecule has 12 heavy (non-hydrogen) atoms. The largest absolute Gasteiger partial charge is 0.342 e. The van der Waals surface area contributed by atoms with E-state index in [1.807, 2.05) is 12.2 Å². The molecular formula is C8H10N2O2. The maximum Gasteiger partial charge on any atom is 0.243 e. The maximum absolute atomic E-state index is 11.2. The predicted molar refractivity (Wildman–Crippen MR) is 42.2 cm³/mol. The molecule has 2 atom stereocenters. The molecule has 0 spiro atoms. The minimum Gasteiger partial charge on any atom is -0.342 e. The molecule has 0 aromatic rings. The molecule has 1 saturated heterocycles. The fraction of sp³-hybridized carbons (Fsp3) is 0.500. The molecule has 0 aromatic carbocycles. The Morgan fingerprint density at radius 2 is 1.42 bits per heavy atom. The summed E-state index contributed by atoms with van der Waals surface area (Å²) in [5.74, 6) is -0.132. The summed E-state index contributed by atoms with van der Waals surface area (Å²) in [5, 5.41) is 5.33. The van der Waals surface area contributed by atoms with Crippen molar-refractivity contribution in [3.8, 4) is 0 Å². The molecule has 3 heterocycles. The fourth-order valence-electron chi connectivity index (χ4n) is 1.47. The van der Waals surface area contributed by atoms with Crippen LogP contribution >= 0.6 is 0 Å². The van der Waals surface area contributed by atoms with Gasteiger partial charge in [-0.15, -0.1) is 0 Å². The van der Waals surface area contributed by atoms with E-state index in [1.54, 1.807) is 0 Å². The van der Waals surface area contributed by atoms with Crippen molar-refractivity contribution in [2.45, 2.75) is 24.9 Å². The summed E-state index contributed by atoms with van der Waals surface area (Å²) in [4.78, 5) is 22.4. The van der Waals surface area contributed by atoms with Crippen LogP contribution in [0.1, 0.15) is 12.8 Å². The zero-order valence-corrected chi connectivity index (χ0v) is 6.54. The van der Waals surface area contributed by atoms with Crippen molar-refractivity contribution < 1.29 is 9.59 Å². The van der Waals surface area contributed by atoms with Crippen molar-refractivity contribution in [1.82, 2.24) is 10.6 Å². The van der Waals surface area contributed by atoms with Gasteiger partial charge < -0.3 is 10.6 Å². The fourth-order valence-corrected chi connectivity index (χ4v) is 1.47. The zero-order chi connectivity index (χ0) is 8.55. The van der Waals surface area contributed by atoms with Gasteiger partial charge in [-0.25, -0.2) is 0 Å². The number of hydrogen-bond donors (Lipinski definition) is 2. The van der Waals surface area contributed by atoms with Crippen molar-refractivity contribution in [3.63, 3.8) is 0 Å². The number of nitrogens with one attached hydrogen (secondary N) is 2. The normalized spacial score (nSPS) is 36.3. The molecule has 0 unspecified atom stereocenters. The molecule has 3 aliphatic heterocycles. The highest BCUT2D eigenvalue weighted by atomic mass is 16.2. The lowest BCUT2D eigenvalue weighted by Crippen LogP contribution is -2.61. The second kappa shape index (κ2) is 2.62. The first-order valence-electron chi connectivity index (χ1n) is 4.03. The van der Waals surface area contributed by atoms with Crippen LogP contribution in [0, 0.1) is 0 Å². The third-order valence-corrected chi connectivity index (χ3v) is 2.18. The Hall–Kier alpha value is -1.32. The highest BCUT2D eigenvalue weighted by molar-refractivity contribution is 5.97. The van der Waals surface area contributed by atoms with Crippen LogP contribution in [0.5, 0.6) is 0 Å². The van der Waals surface area contributed by atoms with E-state index >= 15 is 0 Å². The van der Waals surface area contributed by atoms with Crippen molar-refractivity contribution >= 4 is 11.8 Å². The van der Waals surface area contributed by atoms with E-state index in [0.717, 1.165) is 0 Å².